The minimum atomic E-state index is -0.758. The van der Waals surface area contributed by atoms with E-state index in [1.54, 1.807) is 19.1 Å². The number of amides is 4. The summed E-state index contributed by atoms with van der Waals surface area (Å²) in [4.78, 5) is 25.9. The first-order valence-electron chi connectivity index (χ1n) is 8.46. The lowest BCUT2D eigenvalue weighted by atomic mass is 10.0. The molecule has 3 rings (SSSR count). The molecular weight excluding hydrogens is 327 g/mol. The maximum atomic E-state index is 14.0. The second-order valence-corrected chi connectivity index (χ2v) is 6.46. The van der Waals surface area contributed by atoms with E-state index in [9.17, 15) is 14.0 Å². The fourth-order valence-electron chi connectivity index (χ4n) is 3.21. The van der Waals surface area contributed by atoms with E-state index < -0.39 is 18.4 Å². The summed E-state index contributed by atoms with van der Waals surface area (Å²) in [5.74, 6) is -0.331. The highest BCUT2D eigenvalue weighted by Gasteiger charge is 2.37. The maximum Gasteiger partial charge on any atom is 0.328 e. The summed E-state index contributed by atoms with van der Waals surface area (Å²) in [5, 5.41) is 8.45. The van der Waals surface area contributed by atoms with Crippen molar-refractivity contribution in [3.8, 4) is 0 Å². The van der Waals surface area contributed by atoms with Gasteiger partial charge >= 0.3 is 12.1 Å². The number of rotatable bonds is 4. The van der Waals surface area contributed by atoms with Gasteiger partial charge in [-0.05, 0) is 32.8 Å². The van der Waals surface area contributed by atoms with Crippen molar-refractivity contribution in [2.24, 2.45) is 0 Å². The smallest absolute Gasteiger partial charge is 0.328 e. The van der Waals surface area contributed by atoms with Gasteiger partial charge in [-0.25, -0.2) is 18.9 Å². The Morgan fingerprint density at radius 2 is 1.88 bits per heavy atom. The summed E-state index contributed by atoms with van der Waals surface area (Å²) in [6.07, 6.45) is 0.499. The minimum absolute atomic E-state index is 0.165. The van der Waals surface area contributed by atoms with Gasteiger partial charge in [0.2, 0.25) is 0 Å². The quantitative estimate of drug-likeness (QED) is 0.775. The molecule has 2 fully saturated rings. The Morgan fingerprint density at radius 1 is 1.24 bits per heavy atom. The summed E-state index contributed by atoms with van der Waals surface area (Å²) in [7, 11) is 0. The number of halogens is 1. The molecule has 1 aromatic carbocycles. The number of hydrogen-bond acceptors (Lipinski definition) is 4. The first-order valence-corrected chi connectivity index (χ1v) is 8.46. The fraction of sp³-hybridized carbons (Fsp3) is 0.529. The van der Waals surface area contributed by atoms with E-state index in [4.69, 9.17) is 4.74 Å². The number of carbonyl (C=O) groups excluding carboxylic acids is 2. The van der Waals surface area contributed by atoms with Crippen LogP contribution in [0.4, 0.5) is 14.0 Å². The zero-order valence-electron chi connectivity index (χ0n) is 14.3. The van der Waals surface area contributed by atoms with Gasteiger partial charge in [0.25, 0.3) is 0 Å². The van der Waals surface area contributed by atoms with Crippen LogP contribution in [0.25, 0.3) is 0 Å². The number of carbonyl (C=O) groups is 2. The lowest BCUT2D eigenvalue weighted by molar-refractivity contribution is 0.0492. The lowest BCUT2D eigenvalue weighted by Gasteiger charge is -2.39. The number of urea groups is 2. The number of nitrogens with one attached hydrogen (secondary N) is 3. The fourth-order valence-corrected chi connectivity index (χ4v) is 3.21. The molecule has 0 aliphatic carbocycles. The van der Waals surface area contributed by atoms with E-state index in [1.165, 1.54) is 11.0 Å². The van der Waals surface area contributed by atoms with E-state index in [2.05, 4.69) is 16.0 Å². The zero-order valence-corrected chi connectivity index (χ0v) is 14.3. The van der Waals surface area contributed by atoms with Gasteiger partial charge in [-0.1, -0.05) is 17.7 Å². The molecule has 2 saturated heterocycles. The molecule has 2 aliphatic heterocycles. The summed E-state index contributed by atoms with van der Waals surface area (Å²) in [5.41, 5.74) is 1.42. The van der Waals surface area contributed by atoms with E-state index in [1.807, 2.05) is 6.92 Å². The molecule has 1 atom stereocenters. The highest BCUT2D eigenvalue weighted by atomic mass is 19.1. The Bertz CT molecular complexity index is 645. The molecule has 2 aliphatic rings. The number of imide groups is 1. The molecule has 0 radical (unpaired) electrons. The number of nitrogens with zero attached hydrogens (tertiary/aromatic N) is 1. The summed E-state index contributed by atoms with van der Waals surface area (Å²) >= 11 is 0. The van der Waals surface area contributed by atoms with Crippen LogP contribution in [0.2, 0.25) is 0 Å². The van der Waals surface area contributed by atoms with E-state index in [0.29, 0.717) is 31.6 Å². The normalized spacial score (nSPS) is 21.0. The first-order chi connectivity index (χ1) is 12.0. The van der Waals surface area contributed by atoms with Gasteiger partial charge in [0, 0.05) is 30.9 Å². The molecule has 0 spiro atoms. The van der Waals surface area contributed by atoms with Crippen molar-refractivity contribution in [3.63, 3.8) is 0 Å². The molecule has 8 heteroatoms. The molecule has 136 valence electrons. The molecule has 25 heavy (non-hydrogen) atoms. The second kappa shape index (κ2) is 7.37. The van der Waals surface area contributed by atoms with Gasteiger partial charge < -0.3 is 15.4 Å². The van der Waals surface area contributed by atoms with Gasteiger partial charge in [-0.2, -0.15) is 0 Å². The van der Waals surface area contributed by atoms with Crippen molar-refractivity contribution in [1.29, 1.82) is 0 Å². The standard InChI is InChI=1S/C17H23FN4O3/c1-10-3-4-14(18)13(9-10)11(2)19-15-20-16(23)22(17(24)21-15)12-5-7-25-8-6-12/h3-4,9,11-12,15,19H,5-8H2,1-2H3,(H,20,23)(H,21,24)/t11-/m0/s1. The molecule has 0 bridgehead atoms. The number of ether oxygens (including phenoxy) is 1. The SMILES string of the molecule is Cc1ccc(F)c([C@H](C)NC2NC(=O)N(C3CCOCC3)C(=O)N2)c1. The van der Waals surface area contributed by atoms with Gasteiger partial charge in [-0.3, -0.25) is 5.32 Å². The number of aryl methyl sites for hydroxylation is 1. The van der Waals surface area contributed by atoms with Crippen LogP contribution < -0.4 is 16.0 Å². The molecule has 0 unspecified atom stereocenters. The van der Waals surface area contributed by atoms with Crippen LogP contribution in [-0.4, -0.2) is 42.5 Å². The van der Waals surface area contributed by atoms with Crippen LogP contribution in [0, 0.1) is 12.7 Å². The van der Waals surface area contributed by atoms with Crippen LogP contribution in [0.1, 0.15) is 36.9 Å². The molecule has 3 N–H and O–H groups in total. The lowest BCUT2D eigenvalue weighted by Crippen LogP contribution is -2.70. The highest BCUT2D eigenvalue weighted by molar-refractivity contribution is 5.96. The van der Waals surface area contributed by atoms with Gasteiger partial charge in [0.1, 0.15) is 5.82 Å². The van der Waals surface area contributed by atoms with Crippen molar-refractivity contribution in [2.45, 2.75) is 45.1 Å². The van der Waals surface area contributed by atoms with Crippen molar-refractivity contribution < 1.29 is 18.7 Å². The van der Waals surface area contributed by atoms with Crippen LogP contribution in [0.15, 0.2) is 18.2 Å². The highest BCUT2D eigenvalue weighted by Crippen LogP contribution is 2.20. The minimum Gasteiger partial charge on any atom is -0.381 e. The third kappa shape index (κ3) is 3.91. The molecule has 7 nitrogen and oxygen atoms in total. The molecule has 2 heterocycles. The third-order valence-electron chi connectivity index (χ3n) is 4.56. The third-order valence-corrected chi connectivity index (χ3v) is 4.56. The Kier molecular flexibility index (Phi) is 5.19. The van der Waals surface area contributed by atoms with Crippen LogP contribution >= 0.6 is 0 Å². The van der Waals surface area contributed by atoms with Gasteiger partial charge in [0.15, 0.2) is 6.29 Å². The largest absolute Gasteiger partial charge is 0.381 e. The first kappa shape index (κ1) is 17.6. The monoisotopic (exact) mass is 350 g/mol. The number of benzene rings is 1. The van der Waals surface area contributed by atoms with Crippen molar-refractivity contribution >= 4 is 12.1 Å². The zero-order chi connectivity index (χ0) is 18.0. The Balaban J connectivity index is 1.64. The van der Waals surface area contributed by atoms with Crippen molar-refractivity contribution in [3.05, 3.63) is 35.1 Å². The average Bonchev–Trinajstić information content (AvgIpc) is 2.57. The topological polar surface area (TPSA) is 82.7 Å². The van der Waals surface area contributed by atoms with Crippen LogP contribution in [0.3, 0.4) is 0 Å². The van der Waals surface area contributed by atoms with E-state index in [-0.39, 0.29) is 17.9 Å². The van der Waals surface area contributed by atoms with Crippen molar-refractivity contribution in [1.82, 2.24) is 20.9 Å². The van der Waals surface area contributed by atoms with E-state index >= 15 is 0 Å². The maximum absolute atomic E-state index is 14.0. The molecular formula is C17H23FN4O3. The second-order valence-electron chi connectivity index (χ2n) is 6.46. The summed E-state index contributed by atoms with van der Waals surface area (Å²) in [6, 6.07) is 3.39. The molecule has 0 aromatic heterocycles. The van der Waals surface area contributed by atoms with Crippen LogP contribution in [-0.2, 0) is 4.74 Å². The Hall–Kier alpha value is -2.19. The Morgan fingerprint density at radius 3 is 2.52 bits per heavy atom. The predicted octanol–water partition coefficient (Wildman–Crippen LogP) is 1.98. The molecule has 0 saturated carbocycles. The Labute approximate surface area is 145 Å². The van der Waals surface area contributed by atoms with E-state index in [0.717, 1.165) is 5.56 Å². The van der Waals surface area contributed by atoms with Gasteiger partial charge in [-0.15, -0.1) is 0 Å². The number of hydrogen-bond donors (Lipinski definition) is 3. The summed E-state index contributed by atoms with van der Waals surface area (Å²) < 4.78 is 19.3. The molecule has 4 amide bonds. The van der Waals surface area contributed by atoms with Crippen molar-refractivity contribution in [2.75, 3.05) is 13.2 Å². The average molecular weight is 350 g/mol. The molecule has 1 aromatic rings. The van der Waals surface area contributed by atoms with Crippen LogP contribution in [0.5, 0.6) is 0 Å². The summed E-state index contributed by atoms with van der Waals surface area (Å²) in [6.45, 7) is 4.73. The predicted molar refractivity (Wildman–Crippen MR) is 89.2 cm³/mol. The van der Waals surface area contributed by atoms with Gasteiger partial charge in [0.05, 0.1) is 0 Å².